The average Bonchev–Trinajstić information content (AvgIpc) is 2.61. The number of carboxylic acids is 1. The van der Waals surface area contributed by atoms with Crippen LogP contribution in [0.1, 0.15) is 12.1 Å². The summed E-state index contributed by atoms with van der Waals surface area (Å²) in [4.78, 5) is 31.8. The molecule has 3 amide bonds. The number of carboxylic acid groups (broad SMARTS) is 1. The molecule has 1 aromatic heterocycles. The van der Waals surface area contributed by atoms with Gasteiger partial charge in [0.2, 0.25) is 5.91 Å². The Morgan fingerprint density at radius 3 is 2.76 bits per heavy atom. The van der Waals surface area contributed by atoms with Crippen LogP contribution in [0.15, 0.2) is 6.20 Å². The van der Waals surface area contributed by atoms with E-state index in [0.717, 1.165) is 0 Å². The van der Waals surface area contributed by atoms with Crippen molar-refractivity contribution in [3.63, 3.8) is 0 Å². The zero-order valence-corrected chi connectivity index (χ0v) is 8.79. The molecule has 0 saturated heterocycles. The normalized spacial score (nSPS) is 9.88. The maximum Gasteiger partial charge on any atom is 0.318 e. The molecule has 0 bridgehead atoms. The number of rotatable bonds is 5. The third-order valence-corrected chi connectivity index (χ3v) is 1.75. The molecule has 0 aliphatic rings. The molecule has 9 heteroatoms. The van der Waals surface area contributed by atoms with Gasteiger partial charge in [-0.1, -0.05) is 5.21 Å². The standard InChI is InChI=1S/C8H11N5O4/c9-8(17)10-6(14)4-13-3-5(11-12-13)1-2-7(15)16/h3H,1-2,4H2,(H,15,16)(H3,9,10,14,17). The van der Waals surface area contributed by atoms with E-state index >= 15 is 0 Å². The molecule has 1 aromatic rings. The minimum Gasteiger partial charge on any atom is -0.481 e. The van der Waals surface area contributed by atoms with Crippen LogP contribution in [0, 0.1) is 0 Å². The van der Waals surface area contributed by atoms with Gasteiger partial charge in [-0.05, 0) is 0 Å². The van der Waals surface area contributed by atoms with Crippen molar-refractivity contribution in [2.24, 2.45) is 5.73 Å². The lowest BCUT2D eigenvalue weighted by atomic mass is 10.2. The quantitative estimate of drug-likeness (QED) is 0.572. The number of aromatic nitrogens is 3. The van der Waals surface area contributed by atoms with Gasteiger partial charge in [-0.2, -0.15) is 0 Å². The summed E-state index contributed by atoms with van der Waals surface area (Å²) >= 11 is 0. The summed E-state index contributed by atoms with van der Waals surface area (Å²) in [5.74, 6) is -1.56. The summed E-state index contributed by atoms with van der Waals surface area (Å²) in [6, 6.07) is -0.943. The predicted octanol–water partition coefficient (Wildman–Crippen LogP) is -1.51. The monoisotopic (exact) mass is 241 g/mol. The summed E-state index contributed by atoms with van der Waals surface area (Å²) in [6.45, 7) is -0.205. The van der Waals surface area contributed by atoms with Gasteiger partial charge < -0.3 is 10.8 Å². The molecular weight excluding hydrogens is 230 g/mol. The van der Waals surface area contributed by atoms with Crippen LogP contribution in [0.4, 0.5) is 4.79 Å². The molecule has 0 atom stereocenters. The highest BCUT2D eigenvalue weighted by atomic mass is 16.4. The van der Waals surface area contributed by atoms with E-state index in [1.165, 1.54) is 10.9 Å². The van der Waals surface area contributed by atoms with E-state index < -0.39 is 17.9 Å². The molecule has 92 valence electrons. The summed E-state index contributed by atoms with van der Waals surface area (Å²) in [5.41, 5.74) is 5.21. The Balaban J connectivity index is 2.47. The molecular formula is C8H11N5O4. The van der Waals surface area contributed by atoms with Gasteiger partial charge in [0.15, 0.2) is 0 Å². The van der Waals surface area contributed by atoms with Crippen molar-refractivity contribution < 1.29 is 19.5 Å². The second-order valence-electron chi connectivity index (χ2n) is 3.21. The first-order valence-electron chi connectivity index (χ1n) is 4.67. The van der Waals surface area contributed by atoms with E-state index in [0.29, 0.717) is 5.69 Å². The summed E-state index contributed by atoms with van der Waals surface area (Å²) < 4.78 is 1.19. The van der Waals surface area contributed by atoms with Crippen LogP contribution in [0.5, 0.6) is 0 Å². The summed E-state index contributed by atoms with van der Waals surface area (Å²) in [7, 11) is 0. The lowest BCUT2D eigenvalue weighted by molar-refractivity contribution is -0.137. The number of imide groups is 1. The lowest BCUT2D eigenvalue weighted by Crippen LogP contribution is -2.37. The second-order valence-corrected chi connectivity index (χ2v) is 3.21. The van der Waals surface area contributed by atoms with Crippen molar-refractivity contribution >= 4 is 17.9 Å². The molecule has 0 aliphatic carbocycles. The molecule has 0 unspecified atom stereocenters. The number of primary amides is 1. The Labute approximate surface area is 95.6 Å². The number of nitrogens with two attached hydrogens (primary N) is 1. The van der Waals surface area contributed by atoms with Gasteiger partial charge in [0, 0.05) is 12.6 Å². The minimum atomic E-state index is -0.943. The molecule has 17 heavy (non-hydrogen) atoms. The second kappa shape index (κ2) is 5.58. The van der Waals surface area contributed by atoms with Gasteiger partial charge in [0.25, 0.3) is 0 Å². The van der Waals surface area contributed by atoms with Crippen LogP contribution in [0.3, 0.4) is 0 Å². The van der Waals surface area contributed by atoms with Gasteiger partial charge >= 0.3 is 12.0 Å². The SMILES string of the molecule is NC(=O)NC(=O)Cn1cc(CCC(=O)O)nn1. The third-order valence-electron chi connectivity index (χ3n) is 1.75. The first-order chi connectivity index (χ1) is 7.97. The summed E-state index contributed by atoms with van der Waals surface area (Å²) in [5, 5.41) is 17.6. The molecule has 0 aromatic carbocycles. The number of carbonyl (C=O) groups is 3. The zero-order chi connectivity index (χ0) is 12.8. The number of aryl methyl sites for hydroxylation is 1. The molecule has 1 rings (SSSR count). The predicted molar refractivity (Wildman–Crippen MR) is 53.7 cm³/mol. The van der Waals surface area contributed by atoms with Crippen molar-refractivity contribution in [1.29, 1.82) is 0 Å². The van der Waals surface area contributed by atoms with Crippen molar-refractivity contribution in [1.82, 2.24) is 20.3 Å². The number of hydrogen-bond acceptors (Lipinski definition) is 5. The number of nitrogens with one attached hydrogen (secondary N) is 1. The highest BCUT2D eigenvalue weighted by Crippen LogP contribution is 1.97. The Morgan fingerprint density at radius 2 is 2.18 bits per heavy atom. The van der Waals surface area contributed by atoms with Crippen molar-refractivity contribution in [2.75, 3.05) is 0 Å². The van der Waals surface area contributed by atoms with E-state index in [9.17, 15) is 14.4 Å². The molecule has 0 aliphatic heterocycles. The number of amides is 3. The fourth-order valence-corrected chi connectivity index (χ4v) is 1.09. The molecule has 0 saturated carbocycles. The van der Waals surface area contributed by atoms with E-state index in [4.69, 9.17) is 10.8 Å². The molecule has 1 heterocycles. The first kappa shape index (κ1) is 12.6. The number of urea groups is 1. The third kappa shape index (κ3) is 4.73. The van der Waals surface area contributed by atoms with Crippen molar-refractivity contribution in [3.05, 3.63) is 11.9 Å². The Kier molecular flexibility index (Phi) is 4.14. The number of nitrogens with zero attached hydrogens (tertiary/aromatic N) is 3. The Morgan fingerprint density at radius 1 is 1.47 bits per heavy atom. The van der Waals surface area contributed by atoms with Crippen molar-refractivity contribution in [3.8, 4) is 0 Å². The Hall–Kier alpha value is -2.45. The van der Waals surface area contributed by atoms with Gasteiger partial charge in [-0.3, -0.25) is 14.9 Å². The van der Waals surface area contributed by atoms with Gasteiger partial charge in [0.1, 0.15) is 6.54 Å². The first-order valence-corrected chi connectivity index (χ1v) is 4.67. The van der Waals surface area contributed by atoms with Crippen LogP contribution in [-0.2, 0) is 22.6 Å². The number of aliphatic carboxylic acids is 1. The van der Waals surface area contributed by atoms with E-state index in [-0.39, 0.29) is 19.4 Å². The smallest absolute Gasteiger partial charge is 0.318 e. The maximum atomic E-state index is 11.1. The fraction of sp³-hybridized carbons (Fsp3) is 0.375. The van der Waals surface area contributed by atoms with Crippen LogP contribution >= 0.6 is 0 Å². The zero-order valence-electron chi connectivity index (χ0n) is 8.79. The fourth-order valence-electron chi connectivity index (χ4n) is 1.09. The van der Waals surface area contributed by atoms with E-state index in [1.54, 1.807) is 0 Å². The van der Waals surface area contributed by atoms with Gasteiger partial charge in [-0.15, -0.1) is 5.10 Å². The number of carbonyl (C=O) groups excluding carboxylic acids is 2. The topological polar surface area (TPSA) is 140 Å². The maximum absolute atomic E-state index is 11.1. The molecule has 9 nitrogen and oxygen atoms in total. The molecule has 0 radical (unpaired) electrons. The van der Waals surface area contributed by atoms with E-state index in [2.05, 4.69) is 10.3 Å². The number of hydrogen-bond donors (Lipinski definition) is 3. The van der Waals surface area contributed by atoms with E-state index in [1.807, 2.05) is 5.32 Å². The largest absolute Gasteiger partial charge is 0.481 e. The minimum absolute atomic E-state index is 0.0633. The van der Waals surface area contributed by atoms with Crippen LogP contribution < -0.4 is 11.1 Å². The molecule has 4 N–H and O–H groups in total. The molecule has 0 spiro atoms. The highest BCUT2D eigenvalue weighted by molar-refractivity contribution is 5.93. The molecule has 0 fully saturated rings. The van der Waals surface area contributed by atoms with Crippen LogP contribution in [-0.4, -0.2) is 38.0 Å². The van der Waals surface area contributed by atoms with Gasteiger partial charge in [0.05, 0.1) is 12.1 Å². The highest BCUT2D eigenvalue weighted by Gasteiger charge is 2.08. The van der Waals surface area contributed by atoms with Crippen molar-refractivity contribution in [2.45, 2.75) is 19.4 Å². The van der Waals surface area contributed by atoms with Crippen LogP contribution in [0.2, 0.25) is 0 Å². The Bertz CT molecular complexity index is 441. The van der Waals surface area contributed by atoms with Gasteiger partial charge in [-0.25, -0.2) is 9.48 Å². The average molecular weight is 241 g/mol. The lowest BCUT2D eigenvalue weighted by Gasteiger charge is -1.99. The van der Waals surface area contributed by atoms with Crippen LogP contribution in [0.25, 0.3) is 0 Å². The summed E-state index contributed by atoms with van der Waals surface area (Å²) in [6.07, 6.45) is 1.60.